The number of para-hydroxylation sites is 1. The Labute approximate surface area is 162 Å². The standard InChI is InChI=1S/C22H21NO5/c1-13-18(21(24)25)20(19(22(26)27)14(2)23-13)16-10-6-7-11-17(16)28-12-15-8-4-3-5-9-15/h3-11,20,23H,12H2,1-2H3,(H,24,25)(H,26,27). The predicted octanol–water partition coefficient (Wildman–Crippen LogP) is 3.67. The van der Waals surface area contributed by atoms with Crippen molar-refractivity contribution in [2.24, 2.45) is 0 Å². The zero-order valence-corrected chi connectivity index (χ0v) is 15.6. The molecule has 6 nitrogen and oxygen atoms in total. The molecule has 0 aliphatic carbocycles. The molecule has 3 rings (SSSR count). The van der Waals surface area contributed by atoms with Crippen LogP contribution in [0, 0.1) is 0 Å². The molecule has 0 saturated heterocycles. The summed E-state index contributed by atoms with van der Waals surface area (Å²) in [6.07, 6.45) is 0. The van der Waals surface area contributed by atoms with Crippen LogP contribution in [0.2, 0.25) is 0 Å². The molecular formula is C22H21NO5. The average Bonchev–Trinajstić information content (AvgIpc) is 2.66. The van der Waals surface area contributed by atoms with Crippen LogP contribution < -0.4 is 10.1 Å². The maximum Gasteiger partial charge on any atom is 0.334 e. The molecule has 0 aromatic heterocycles. The molecule has 0 spiro atoms. The van der Waals surface area contributed by atoms with E-state index >= 15 is 0 Å². The number of dihydropyridines is 1. The van der Waals surface area contributed by atoms with Gasteiger partial charge < -0.3 is 20.3 Å². The lowest BCUT2D eigenvalue weighted by molar-refractivity contribution is -0.133. The molecule has 1 heterocycles. The van der Waals surface area contributed by atoms with E-state index < -0.39 is 17.9 Å². The Morgan fingerprint density at radius 1 is 0.893 bits per heavy atom. The first kappa shape index (κ1) is 19.2. The van der Waals surface area contributed by atoms with Crippen LogP contribution >= 0.6 is 0 Å². The summed E-state index contributed by atoms with van der Waals surface area (Å²) < 4.78 is 5.95. The molecule has 2 aromatic rings. The second-order valence-electron chi connectivity index (χ2n) is 6.56. The van der Waals surface area contributed by atoms with Gasteiger partial charge >= 0.3 is 11.9 Å². The summed E-state index contributed by atoms with van der Waals surface area (Å²) in [5, 5.41) is 22.4. The van der Waals surface area contributed by atoms with Crippen LogP contribution in [0.3, 0.4) is 0 Å². The van der Waals surface area contributed by atoms with Gasteiger partial charge in [0.1, 0.15) is 12.4 Å². The monoisotopic (exact) mass is 379 g/mol. The minimum Gasteiger partial charge on any atom is -0.489 e. The highest BCUT2D eigenvalue weighted by atomic mass is 16.5. The Bertz CT molecular complexity index is 939. The quantitative estimate of drug-likeness (QED) is 0.709. The second-order valence-corrected chi connectivity index (χ2v) is 6.56. The van der Waals surface area contributed by atoms with Gasteiger partial charge in [-0.15, -0.1) is 0 Å². The smallest absolute Gasteiger partial charge is 0.334 e. The number of rotatable bonds is 6. The number of carbonyl (C=O) groups is 2. The molecule has 0 amide bonds. The number of carboxylic acids is 2. The summed E-state index contributed by atoms with van der Waals surface area (Å²) >= 11 is 0. The summed E-state index contributed by atoms with van der Waals surface area (Å²) in [7, 11) is 0. The summed E-state index contributed by atoms with van der Waals surface area (Å²) in [4.78, 5) is 23.9. The summed E-state index contributed by atoms with van der Waals surface area (Å²) in [6.45, 7) is 3.55. The fourth-order valence-corrected chi connectivity index (χ4v) is 3.46. The van der Waals surface area contributed by atoms with Crippen LogP contribution in [0.1, 0.15) is 30.9 Å². The number of benzene rings is 2. The van der Waals surface area contributed by atoms with Crippen LogP contribution in [0.25, 0.3) is 0 Å². The van der Waals surface area contributed by atoms with Gasteiger partial charge in [0.25, 0.3) is 0 Å². The molecule has 0 fully saturated rings. The zero-order chi connectivity index (χ0) is 20.3. The van der Waals surface area contributed by atoms with Crippen molar-refractivity contribution < 1.29 is 24.5 Å². The number of allylic oxidation sites excluding steroid dienone is 2. The van der Waals surface area contributed by atoms with Crippen LogP contribution in [-0.2, 0) is 16.2 Å². The van der Waals surface area contributed by atoms with E-state index in [9.17, 15) is 19.8 Å². The van der Waals surface area contributed by atoms with Crippen molar-refractivity contribution in [3.63, 3.8) is 0 Å². The number of nitrogens with one attached hydrogen (secondary N) is 1. The molecule has 1 aliphatic heterocycles. The number of carboxylic acid groups (broad SMARTS) is 2. The van der Waals surface area contributed by atoms with E-state index in [1.165, 1.54) is 0 Å². The highest BCUT2D eigenvalue weighted by molar-refractivity contribution is 5.98. The van der Waals surface area contributed by atoms with Crippen LogP contribution in [-0.4, -0.2) is 22.2 Å². The zero-order valence-electron chi connectivity index (χ0n) is 15.6. The highest BCUT2D eigenvalue weighted by Crippen LogP contribution is 2.42. The van der Waals surface area contributed by atoms with Crippen molar-refractivity contribution in [1.82, 2.24) is 5.32 Å². The van der Waals surface area contributed by atoms with Crippen molar-refractivity contribution in [2.75, 3.05) is 0 Å². The van der Waals surface area contributed by atoms with E-state index in [2.05, 4.69) is 5.32 Å². The predicted molar refractivity (Wildman–Crippen MR) is 104 cm³/mol. The third-order valence-electron chi connectivity index (χ3n) is 4.69. The fourth-order valence-electron chi connectivity index (χ4n) is 3.46. The minimum absolute atomic E-state index is 0.00115. The van der Waals surface area contributed by atoms with Crippen LogP contribution in [0.5, 0.6) is 5.75 Å². The molecule has 6 heteroatoms. The van der Waals surface area contributed by atoms with E-state index in [4.69, 9.17) is 4.74 Å². The van der Waals surface area contributed by atoms with Gasteiger partial charge in [-0.25, -0.2) is 9.59 Å². The number of ether oxygens (including phenoxy) is 1. The molecule has 0 radical (unpaired) electrons. The molecule has 3 N–H and O–H groups in total. The molecule has 2 aromatic carbocycles. The molecule has 0 atom stereocenters. The molecular weight excluding hydrogens is 358 g/mol. The normalized spacial score (nSPS) is 14.6. The number of hydrogen-bond donors (Lipinski definition) is 3. The number of aliphatic carboxylic acids is 2. The Morgan fingerprint density at radius 3 is 2.00 bits per heavy atom. The minimum atomic E-state index is -1.17. The molecule has 0 bridgehead atoms. The van der Waals surface area contributed by atoms with Gasteiger partial charge in [0.15, 0.2) is 0 Å². The maximum absolute atomic E-state index is 12.0. The third-order valence-corrected chi connectivity index (χ3v) is 4.69. The first-order valence-electron chi connectivity index (χ1n) is 8.81. The molecule has 0 saturated carbocycles. The Balaban J connectivity index is 2.07. The molecule has 1 aliphatic rings. The van der Waals surface area contributed by atoms with Crippen molar-refractivity contribution in [1.29, 1.82) is 0 Å². The number of hydrogen-bond acceptors (Lipinski definition) is 4. The lowest BCUT2D eigenvalue weighted by atomic mass is 9.80. The maximum atomic E-state index is 12.0. The molecule has 28 heavy (non-hydrogen) atoms. The largest absolute Gasteiger partial charge is 0.489 e. The van der Waals surface area contributed by atoms with Crippen molar-refractivity contribution in [3.8, 4) is 5.75 Å². The Kier molecular flexibility index (Phi) is 5.49. The molecule has 0 unspecified atom stereocenters. The third kappa shape index (κ3) is 3.76. The fraction of sp³-hybridized carbons (Fsp3) is 0.182. The first-order chi connectivity index (χ1) is 13.4. The van der Waals surface area contributed by atoms with Crippen molar-refractivity contribution in [2.45, 2.75) is 26.4 Å². The summed E-state index contributed by atoms with van der Waals surface area (Å²) in [5.41, 5.74) is 2.29. The molecule has 144 valence electrons. The van der Waals surface area contributed by atoms with Gasteiger partial charge in [-0.2, -0.15) is 0 Å². The van der Waals surface area contributed by atoms with E-state index in [1.807, 2.05) is 30.3 Å². The highest BCUT2D eigenvalue weighted by Gasteiger charge is 2.37. The SMILES string of the molecule is CC1=C(C(=O)O)C(c2ccccc2OCc2ccccc2)C(C(=O)O)=C(C)N1. The van der Waals surface area contributed by atoms with Gasteiger partial charge in [0, 0.05) is 17.0 Å². The lowest BCUT2D eigenvalue weighted by Gasteiger charge is -2.29. The van der Waals surface area contributed by atoms with E-state index in [-0.39, 0.29) is 11.1 Å². The Hall–Kier alpha value is -3.54. The Morgan fingerprint density at radius 2 is 1.43 bits per heavy atom. The summed E-state index contributed by atoms with van der Waals surface area (Å²) in [6, 6.07) is 16.5. The summed E-state index contributed by atoms with van der Waals surface area (Å²) in [5.74, 6) is -2.82. The van der Waals surface area contributed by atoms with Gasteiger partial charge in [-0.1, -0.05) is 48.5 Å². The van der Waals surface area contributed by atoms with Crippen molar-refractivity contribution in [3.05, 3.63) is 88.3 Å². The van der Waals surface area contributed by atoms with Gasteiger partial charge in [-0.05, 0) is 25.5 Å². The van der Waals surface area contributed by atoms with Crippen LogP contribution in [0.15, 0.2) is 77.1 Å². The van der Waals surface area contributed by atoms with Gasteiger partial charge in [0.2, 0.25) is 0 Å². The topological polar surface area (TPSA) is 95.9 Å². The first-order valence-corrected chi connectivity index (χ1v) is 8.81. The van der Waals surface area contributed by atoms with Gasteiger partial charge in [-0.3, -0.25) is 0 Å². The van der Waals surface area contributed by atoms with E-state index in [1.54, 1.807) is 38.1 Å². The second kappa shape index (κ2) is 8.00. The van der Waals surface area contributed by atoms with Crippen molar-refractivity contribution >= 4 is 11.9 Å². The van der Waals surface area contributed by atoms with Crippen LogP contribution in [0.4, 0.5) is 0 Å². The van der Waals surface area contributed by atoms with E-state index in [0.717, 1.165) is 5.56 Å². The lowest BCUT2D eigenvalue weighted by Crippen LogP contribution is -2.31. The van der Waals surface area contributed by atoms with Gasteiger partial charge in [0.05, 0.1) is 17.1 Å². The van der Waals surface area contributed by atoms with E-state index in [0.29, 0.717) is 29.3 Å². The average molecular weight is 379 g/mol.